The zero-order valence-electron chi connectivity index (χ0n) is 13.5. The number of nitrogens with one attached hydrogen (secondary N) is 1. The van der Waals surface area contributed by atoms with Crippen LogP contribution in [-0.4, -0.2) is 46.7 Å². The Kier molecular flexibility index (Phi) is 4.85. The minimum Gasteiger partial charge on any atom is -0.382 e. The highest BCUT2D eigenvalue weighted by Crippen LogP contribution is 2.15. The zero-order chi connectivity index (χ0) is 16.9. The molecule has 0 aromatic carbocycles. The summed E-state index contributed by atoms with van der Waals surface area (Å²) in [6, 6.07) is 3.90. The summed E-state index contributed by atoms with van der Waals surface area (Å²) in [6.07, 6.45) is 4.85. The van der Waals surface area contributed by atoms with Crippen LogP contribution >= 0.6 is 0 Å². The molecular weight excluding hydrogens is 308 g/mol. The molecule has 8 nitrogen and oxygen atoms in total. The molecule has 24 heavy (non-hydrogen) atoms. The molecule has 2 aromatic heterocycles. The Morgan fingerprint density at radius 1 is 1.38 bits per heavy atom. The number of pyridine rings is 1. The van der Waals surface area contributed by atoms with Crippen molar-refractivity contribution in [2.75, 3.05) is 30.3 Å². The second kappa shape index (κ2) is 7.22. The molecule has 0 saturated carbocycles. The standard InChI is InChI=1S/C16H20N6O2/c1-11-10-22(6-7-24-11)13-3-2-12(8-20-13)9-21-16(23)14-15(17)19-5-4-18-14/h2-5,8,11H,6-7,9-10H2,1H3,(H2,17,19)(H,21,23). The predicted octanol–water partition coefficient (Wildman–Crippen LogP) is 0.609. The first-order valence-corrected chi connectivity index (χ1v) is 7.79. The average molecular weight is 328 g/mol. The van der Waals surface area contributed by atoms with Crippen LogP contribution in [0.5, 0.6) is 0 Å². The minimum atomic E-state index is -0.355. The maximum atomic E-state index is 12.1. The first-order valence-electron chi connectivity index (χ1n) is 7.79. The molecule has 1 atom stereocenters. The molecule has 1 aliphatic heterocycles. The number of ether oxygens (including phenoxy) is 1. The maximum absolute atomic E-state index is 12.1. The van der Waals surface area contributed by atoms with Crippen molar-refractivity contribution in [1.29, 1.82) is 0 Å². The van der Waals surface area contributed by atoms with E-state index in [-0.39, 0.29) is 23.5 Å². The fourth-order valence-electron chi connectivity index (χ4n) is 2.52. The van der Waals surface area contributed by atoms with Crippen molar-refractivity contribution in [2.24, 2.45) is 0 Å². The summed E-state index contributed by atoms with van der Waals surface area (Å²) in [6.45, 7) is 4.77. The smallest absolute Gasteiger partial charge is 0.273 e. The summed E-state index contributed by atoms with van der Waals surface area (Å²) in [5, 5.41) is 2.77. The molecule has 1 fully saturated rings. The Morgan fingerprint density at radius 2 is 2.21 bits per heavy atom. The van der Waals surface area contributed by atoms with Gasteiger partial charge in [0.05, 0.1) is 12.7 Å². The van der Waals surface area contributed by atoms with Gasteiger partial charge in [-0.05, 0) is 18.6 Å². The van der Waals surface area contributed by atoms with Crippen LogP contribution < -0.4 is 16.0 Å². The molecule has 3 N–H and O–H groups in total. The van der Waals surface area contributed by atoms with E-state index in [9.17, 15) is 4.79 Å². The molecule has 1 aliphatic rings. The molecule has 1 amide bonds. The third-order valence-electron chi connectivity index (χ3n) is 3.77. The lowest BCUT2D eigenvalue weighted by molar-refractivity contribution is 0.0529. The molecule has 0 bridgehead atoms. The van der Waals surface area contributed by atoms with Gasteiger partial charge in [0.2, 0.25) is 0 Å². The quantitative estimate of drug-likeness (QED) is 0.847. The zero-order valence-corrected chi connectivity index (χ0v) is 13.5. The fraction of sp³-hybridized carbons (Fsp3) is 0.375. The highest BCUT2D eigenvalue weighted by Gasteiger charge is 2.17. The first kappa shape index (κ1) is 16.1. The van der Waals surface area contributed by atoms with Crippen LogP contribution in [-0.2, 0) is 11.3 Å². The number of nitrogens with zero attached hydrogens (tertiary/aromatic N) is 4. The van der Waals surface area contributed by atoms with Gasteiger partial charge >= 0.3 is 0 Å². The molecule has 1 saturated heterocycles. The second-order valence-corrected chi connectivity index (χ2v) is 5.62. The van der Waals surface area contributed by atoms with Gasteiger partial charge in [-0.1, -0.05) is 6.07 Å². The Balaban J connectivity index is 1.58. The number of amides is 1. The lowest BCUT2D eigenvalue weighted by atomic mass is 10.2. The lowest BCUT2D eigenvalue weighted by Crippen LogP contribution is -2.41. The van der Waals surface area contributed by atoms with Crippen LogP contribution in [0.3, 0.4) is 0 Å². The van der Waals surface area contributed by atoms with Gasteiger partial charge in [-0.15, -0.1) is 0 Å². The summed E-state index contributed by atoms with van der Waals surface area (Å²) in [5.41, 5.74) is 6.67. The lowest BCUT2D eigenvalue weighted by Gasteiger charge is -2.32. The number of aromatic nitrogens is 3. The van der Waals surface area contributed by atoms with E-state index in [1.54, 1.807) is 6.20 Å². The van der Waals surface area contributed by atoms with E-state index in [2.05, 4.69) is 25.2 Å². The van der Waals surface area contributed by atoms with Gasteiger partial charge < -0.3 is 20.7 Å². The monoisotopic (exact) mass is 328 g/mol. The number of carbonyl (C=O) groups is 1. The Morgan fingerprint density at radius 3 is 2.92 bits per heavy atom. The fourth-order valence-corrected chi connectivity index (χ4v) is 2.52. The van der Waals surface area contributed by atoms with Crippen molar-refractivity contribution < 1.29 is 9.53 Å². The minimum absolute atomic E-state index is 0.116. The van der Waals surface area contributed by atoms with Crippen LogP contribution in [0.2, 0.25) is 0 Å². The van der Waals surface area contributed by atoms with Gasteiger partial charge in [-0.2, -0.15) is 0 Å². The van der Waals surface area contributed by atoms with Gasteiger partial charge in [0.1, 0.15) is 5.82 Å². The summed E-state index contributed by atoms with van der Waals surface area (Å²) in [5.74, 6) is 0.676. The molecular formula is C16H20N6O2. The second-order valence-electron chi connectivity index (χ2n) is 5.62. The van der Waals surface area contributed by atoms with E-state index in [0.717, 1.165) is 24.5 Å². The van der Waals surface area contributed by atoms with E-state index in [1.807, 2.05) is 19.1 Å². The average Bonchev–Trinajstić information content (AvgIpc) is 2.60. The van der Waals surface area contributed by atoms with E-state index in [4.69, 9.17) is 10.5 Å². The van der Waals surface area contributed by atoms with Crippen molar-refractivity contribution in [3.05, 3.63) is 42.0 Å². The Bertz CT molecular complexity index is 706. The van der Waals surface area contributed by atoms with Crippen LogP contribution in [0.25, 0.3) is 0 Å². The number of nitrogens with two attached hydrogens (primary N) is 1. The number of rotatable bonds is 4. The molecule has 3 rings (SSSR count). The molecule has 126 valence electrons. The number of carbonyl (C=O) groups excluding carboxylic acids is 1. The molecule has 0 spiro atoms. The third-order valence-corrected chi connectivity index (χ3v) is 3.77. The van der Waals surface area contributed by atoms with Crippen LogP contribution in [0, 0.1) is 0 Å². The molecule has 0 radical (unpaired) electrons. The van der Waals surface area contributed by atoms with Crippen LogP contribution in [0.4, 0.5) is 11.6 Å². The van der Waals surface area contributed by atoms with Crippen LogP contribution in [0.1, 0.15) is 23.0 Å². The first-order chi connectivity index (χ1) is 11.6. The maximum Gasteiger partial charge on any atom is 0.273 e. The molecule has 8 heteroatoms. The van der Waals surface area contributed by atoms with E-state index < -0.39 is 0 Å². The van der Waals surface area contributed by atoms with Crippen molar-refractivity contribution in [3.8, 4) is 0 Å². The number of hydrogen-bond donors (Lipinski definition) is 2. The number of anilines is 2. The summed E-state index contributed by atoms with van der Waals surface area (Å²) < 4.78 is 5.53. The molecule has 2 aromatic rings. The van der Waals surface area contributed by atoms with Gasteiger partial charge in [0.15, 0.2) is 11.5 Å². The third kappa shape index (κ3) is 3.77. The van der Waals surface area contributed by atoms with Gasteiger partial charge in [-0.3, -0.25) is 4.79 Å². The molecule has 3 heterocycles. The predicted molar refractivity (Wildman–Crippen MR) is 89.5 cm³/mol. The normalized spacial score (nSPS) is 17.5. The van der Waals surface area contributed by atoms with Crippen LogP contribution in [0.15, 0.2) is 30.7 Å². The van der Waals surface area contributed by atoms with Crippen molar-refractivity contribution >= 4 is 17.5 Å². The van der Waals surface area contributed by atoms with Gasteiger partial charge in [-0.25, -0.2) is 15.0 Å². The highest BCUT2D eigenvalue weighted by molar-refractivity contribution is 5.96. The van der Waals surface area contributed by atoms with E-state index in [0.29, 0.717) is 13.2 Å². The molecule has 1 unspecified atom stereocenters. The SMILES string of the molecule is CC1CN(c2ccc(CNC(=O)c3nccnc3N)cn2)CCO1. The Hall–Kier alpha value is -2.74. The summed E-state index contributed by atoms with van der Waals surface area (Å²) in [4.78, 5) is 26.5. The van der Waals surface area contributed by atoms with Crippen molar-refractivity contribution in [1.82, 2.24) is 20.3 Å². The van der Waals surface area contributed by atoms with Crippen molar-refractivity contribution in [2.45, 2.75) is 19.6 Å². The Labute approximate surface area is 140 Å². The number of hydrogen-bond acceptors (Lipinski definition) is 7. The van der Waals surface area contributed by atoms with Gasteiger partial charge in [0.25, 0.3) is 5.91 Å². The van der Waals surface area contributed by atoms with Crippen molar-refractivity contribution in [3.63, 3.8) is 0 Å². The number of nitrogen functional groups attached to an aromatic ring is 1. The summed E-state index contributed by atoms with van der Waals surface area (Å²) >= 11 is 0. The summed E-state index contributed by atoms with van der Waals surface area (Å²) in [7, 11) is 0. The molecule has 0 aliphatic carbocycles. The largest absolute Gasteiger partial charge is 0.382 e. The van der Waals surface area contributed by atoms with E-state index in [1.165, 1.54) is 12.4 Å². The number of morpholine rings is 1. The van der Waals surface area contributed by atoms with E-state index >= 15 is 0 Å². The van der Waals surface area contributed by atoms with Gasteiger partial charge in [0, 0.05) is 38.2 Å². The topological polar surface area (TPSA) is 106 Å². The highest BCUT2D eigenvalue weighted by atomic mass is 16.5.